The van der Waals surface area contributed by atoms with Crippen molar-refractivity contribution in [3.05, 3.63) is 0 Å². The molecule has 2 aliphatic rings. The van der Waals surface area contributed by atoms with Crippen molar-refractivity contribution in [2.75, 3.05) is 13.2 Å². The molecule has 0 aromatic heterocycles. The highest BCUT2D eigenvalue weighted by Gasteiger charge is 2.51. The first-order valence-electron chi connectivity index (χ1n) is 13.6. The minimum atomic E-state index is -1.28. The second-order valence-electron chi connectivity index (χ2n) is 12.1. The number of primary amides is 1. The van der Waals surface area contributed by atoms with Gasteiger partial charge in [0.1, 0.15) is 6.10 Å². The van der Waals surface area contributed by atoms with Gasteiger partial charge < -0.3 is 35.3 Å². The van der Waals surface area contributed by atoms with Gasteiger partial charge in [-0.3, -0.25) is 4.79 Å². The molecule has 3 N–H and O–H groups in total. The fourth-order valence-electron chi connectivity index (χ4n) is 5.92. The number of hydrogen-bond donors (Lipinski definition) is 2. The van der Waals surface area contributed by atoms with Crippen LogP contribution < -0.4 is 16.2 Å². The van der Waals surface area contributed by atoms with E-state index in [0.29, 0.717) is 19.4 Å². The second-order valence-corrected chi connectivity index (χ2v) is 12.1. The van der Waals surface area contributed by atoms with E-state index in [1.807, 2.05) is 27.7 Å². The maximum atomic E-state index is 13.3. The van der Waals surface area contributed by atoms with Crippen molar-refractivity contribution in [1.82, 2.24) is 10.2 Å². The third-order valence-corrected chi connectivity index (χ3v) is 7.95. The van der Waals surface area contributed by atoms with E-state index in [2.05, 4.69) is 12.2 Å². The first kappa shape index (κ1) is 30.4. The van der Waals surface area contributed by atoms with E-state index in [-0.39, 0.29) is 18.5 Å². The van der Waals surface area contributed by atoms with Crippen molar-refractivity contribution in [3.63, 3.8) is 0 Å². The first-order valence-corrected chi connectivity index (χ1v) is 13.6. The van der Waals surface area contributed by atoms with Crippen LogP contribution in [0.25, 0.3) is 0 Å². The fraction of sp³-hybridized carbons (Fsp3) is 0.889. The number of nitrogens with one attached hydrogen (secondary N) is 1. The number of rotatable bonds is 11. The Morgan fingerprint density at radius 3 is 2.22 bits per heavy atom. The van der Waals surface area contributed by atoms with Crippen molar-refractivity contribution in [2.45, 2.75) is 123 Å². The molecule has 0 spiro atoms. The SMILES string of the molecule is CCCCC(C(C)C)N(C(N)=O)C1(C(CNC(=O)C2OC(C)(C)OCC2(C)C)C(=O)[O-])CCCCC1. The molecular weight excluding hydrogens is 462 g/mol. The average molecular weight is 511 g/mol. The molecule has 9 heteroatoms. The van der Waals surface area contributed by atoms with Crippen LogP contribution in [-0.2, 0) is 19.1 Å². The number of nitrogens with zero attached hydrogens (tertiary/aromatic N) is 1. The summed E-state index contributed by atoms with van der Waals surface area (Å²) in [6.45, 7) is 13.6. The summed E-state index contributed by atoms with van der Waals surface area (Å²) in [6.07, 6.45) is 5.32. The summed E-state index contributed by atoms with van der Waals surface area (Å²) >= 11 is 0. The molecule has 2 rings (SSSR count). The Labute approximate surface area is 216 Å². The quantitative estimate of drug-likeness (QED) is 0.439. The number of ether oxygens (including phenoxy) is 2. The molecule has 3 atom stereocenters. The third-order valence-electron chi connectivity index (χ3n) is 7.95. The van der Waals surface area contributed by atoms with Gasteiger partial charge in [-0.25, -0.2) is 4.79 Å². The van der Waals surface area contributed by atoms with Gasteiger partial charge in [-0.1, -0.05) is 66.7 Å². The van der Waals surface area contributed by atoms with Gasteiger partial charge in [0.05, 0.1) is 12.1 Å². The molecule has 1 saturated carbocycles. The molecule has 2 fully saturated rings. The number of carbonyl (C=O) groups is 3. The molecular formula is C27H48N3O6-. The molecule has 0 aromatic rings. The molecule has 0 bridgehead atoms. The third kappa shape index (κ3) is 6.91. The van der Waals surface area contributed by atoms with E-state index in [1.54, 1.807) is 18.7 Å². The highest BCUT2D eigenvalue weighted by atomic mass is 16.7. The lowest BCUT2D eigenvalue weighted by atomic mass is 9.69. The smallest absolute Gasteiger partial charge is 0.315 e. The lowest BCUT2D eigenvalue weighted by Crippen LogP contribution is -2.68. The van der Waals surface area contributed by atoms with Crippen LogP contribution in [0.15, 0.2) is 0 Å². The van der Waals surface area contributed by atoms with E-state index in [1.165, 1.54) is 0 Å². The maximum absolute atomic E-state index is 13.3. The number of hydrogen-bond acceptors (Lipinski definition) is 6. The van der Waals surface area contributed by atoms with E-state index < -0.39 is 46.7 Å². The van der Waals surface area contributed by atoms with Crippen molar-refractivity contribution in [1.29, 1.82) is 0 Å². The highest BCUT2D eigenvalue weighted by Crippen LogP contribution is 2.43. The van der Waals surface area contributed by atoms with Crippen molar-refractivity contribution < 1.29 is 29.0 Å². The van der Waals surface area contributed by atoms with Crippen molar-refractivity contribution in [2.24, 2.45) is 23.0 Å². The number of amides is 3. The lowest BCUT2D eigenvalue weighted by Gasteiger charge is -2.54. The van der Waals surface area contributed by atoms with Gasteiger partial charge in [0.2, 0.25) is 5.91 Å². The topological polar surface area (TPSA) is 134 Å². The largest absolute Gasteiger partial charge is 0.550 e. The van der Waals surface area contributed by atoms with E-state index >= 15 is 0 Å². The summed E-state index contributed by atoms with van der Waals surface area (Å²) in [5.74, 6) is -3.62. The first-order chi connectivity index (χ1) is 16.7. The normalized spacial score (nSPS) is 24.5. The summed E-state index contributed by atoms with van der Waals surface area (Å²) in [7, 11) is 0. The summed E-state index contributed by atoms with van der Waals surface area (Å²) in [5, 5.41) is 15.5. The fourth-order valence-corrected chi connectivity index (χ4v) is 5.92. The van der Waals surface area contributed by atoms with Crippen LogP contribution in [0.1, 0.15) is 99.8 Å². The van der Waals surface area contributed by atoms with Crippen LogP contribution in [0.5, 0.6) is 0 Å². The van der Waals surface area contributed by atoms with Crippen LogP contribution in [0, 0.1) is 17.3 Å². The van der Waals surface area contributed by atoms with Gasteiger partial charge in [-0.15, -0.1) is 0 Å². The predicted molar refractivity (Wildman–Crippen MR) is 136 cm³/mol. The molecule has 1 aliphatic heterocycles. The minimum Gasteiger partial charge on any atom is -0.550 e. The molecule has 36 heavy (non-hydrogen) atoms. The molecule has 1 saturated heterocycles. The number of carbonyl (C=O) groups excluding carboxylic acids is 3. The Bertz CT molecular complexity index is 775. The van der Waals surface area contributed by atoms with E-state index in [4.69, 9.17) is 15.2 Å². The molecule has 0 radical (unpaired) electrons. The van der Waals surface area contributed by atoms with Gasteiger partial charge in [-0.05, 0) is 39.0 Å². The number of aliphatic carboxylic acids is 1. The summed E-state index contributed by atoms with van der Waals surface area (Å²) in [5.41, 5.74) is 4.37. The molecule has 1 aliphatic carbocycles. The monoisotopic (exact) mass is 510 g/mol. The zero-order valence-corrected chi connectivity index (χ0v) is 23.4. The van der Waals surface area contributed by atoms with E-state index in [9.17, 15) is 19.5 Å². The van der Waals surface area contributed by atoms with Gasteiger partial charge >= 0.3 is 6.03 Å². The second kappa shape index (κ2) is 12.1. The van der Waals surface area contributed by atoms with Crippen LogP contribution in [0.2, 0.25) is 0 Å². The van der Waals surface area contributed by atoms with Gasteiger partial charge in [-0.2, -0.15) is 0 Å². The zero-order valence-electron chi connectivity index (χ0n) is 23.4. The molecule has 0 aromatic carbocycles. The Morgan fingerprint density at radius 2 is 1.72 bits per heavy atom. The maximum Gasteiger partial charge on any atom is 0.315 e. The summed E-state index contributed by atoms with van der Waals surface area (Å²) < 4.78 is 11.6. The summed E-state index contributed by atoms with van der Waals surface area (Å²) in [4.78, 5) is 40.6. The van der Waals surface area contributed by atoms with Crippen LogP contribution in [-0.4, -0.2) is 59.4 Å². The van der Waals surface area contributed by atoms with Crippen LogP contribution >= 0.6 is 0 Å². The van der Waals surface area contributed by atoms with Gasteiger partial charge in [0.25, 0.3) is 0 Å². The number of urea groups is 1. The van der Waals surface area contributed by atoms with Crippen LogP contribution in [0.4, 0.5) is 4.79 Å². The molecule has 3 amide bonds. The Kier molecular flexibility index (Phi) is 10.2. The average Bonchev–Trinajstić information content (AvgIpc) is 2.78. The lowest BCUT2D eigenvalue weighted by molar-refractivity contribution is -0.316. The molecule has 1 heterocycles. The summed E-state index contributed by atoms with van der Waals surface area (Å²) in [6, 6.07) is -0.809. The van der Waals surface area contributed by atoms with E-state index in [0.717, 1.165) is 38.5 Å². The van der Waals surface area contributed by atoms with Gasteiger partial charge in [0.15, 0.2) is 5.79 Å². The zero-order chi connectivity index (χ0) is 27.3. The standard InChI is InChI=1S/C27H49N3O6/c1-8-9-13-20(18(2)3)30(24(28)34)27(14-11-10-12-15-27)19(23(32)33)16-29-22(31)21-25(4,5)17-35-26(6,7)36-21/h18-21H,8-17H2,1-7H3,(H2,28,34)(H,29,31)(H,32,33)/p-1. The van der Waals surface area contributed by atoms with Crippen molar-refractivity contribution in [3.8, 4) is 0 Å². The molecule has 9 nitrogen and oxygen atoms in total. The molecule has 3 unspecified atom stereocenters. The van der Waals surface area contributed by atoms with Gasteiger partial charge in [0, 0.05) is 29.9 Å². The number of unbranched alkanes of at least 4 members (excludes halogenated alkanes) is 1. The number of carboxylic acid groups (broad SMARTS) is 1. The Balaban J connectivity index is 2.40. The Morgan fingerprint density at radius 1 is 1.11 bits per heavy atom. The number of carboxylic acids is 1. The minimum absolute atomic E-state index is 0.0958. The molecule has 208 valence electrons. The number of nitrogens with two attached hydrogens (primary N) is 1. The van der Waals surface area contributed by atoms with Crippen LogP contribution in [0.3, 0.4) is 0 Å². The Hall–Kier alpha value is -1.87. The van der Waals surface area contributed by atoms with Crippen molar-refractivity contribution >= 4 is 17.9 Å². The highest BCUT2D eigenvalue weighted by molar-refractivity contribution is 5.83. The predicted octanol–water partition coefficient (Wildman–Crippen LogP) is 2.94.